The van der Waals surface area contributed by atoms with Crippen LogP contribution in [-0.2, 0) is 20.9 Å². The van der Waals surface area contributed by atoms with E-state index in [-0.39, 0.29) is 25.6 Å². The zero-order valence-corrected chi connectivity index (χ0v) is 22.5. The number of benzene rings is 3. The molecule has 204 valence electrons. The third kappa shape index (κ3) is 6.46. The highest BCUT2D eigenvalue weighted by molar-refractivity contribution is 5.89. The summed E-state index contributed by atoms with van der Waals surface area (Å²) in [5.41, 5.74) is 5.49. The standard InChI is InChI=1S/C31H35N3O5/c1-4-34(21(2)30(36)37)29(35)28(19-33(3)18-22-12-6-5-7-13-22)32-31(38)39-20-27-25-16-10-8-14-23(25)24-15-9-11-17-26(24)27/h5-17,21,27-28H,4,18-20H2,1-3H3,(H,32,38)(H,36,37). The second-order valence-corrected chi connectivity index (χ2v) is 9.84. The fraction of sp³-hybridized carbons (Fsp3) is 0.323. The minimum atomic E-state index is -1.11. The number of carboxylic acids is 1. The molecule has 0 spiro atoms. The van der Waals surface area contributed by atoms with Crippen LogP contribution in [-0.4, -0.2) is 71.7 Å². The minimum absolute atomic E-state index is 0.114. The summed E-state index contributed by atoms with van der Waals surface area (Å²) in [5.74, 6) is -1.69. The van der Waals surface area contributed by atoms with Gasteiger partial charge in [-0.25, -0.2) is 9.59 Å². The first kappa shape index (κ1) is 27.9. The highest BCUT2D eigenvalue weighted by Crippen LogP contribution is 2.44. The van der Waals surface area contributed by atoms with Crippen LogP contribution in [0.5, 0.6) is 0 Å². The summed E-state index contributed by atoms with van der Waals surface area (Å²) in [4.78, 5) is 41.4. The molecule has 0 aliphatic heterocycles. The molecule has 0 bridgehead atoms. The quantitative estimate of drug-likeness (QED) is 0.383. The third-order valence-corrected chi connectivity index (χ3v) is 7.17. The largest absolute Gasteiger partial charge is 0.480 e. The number of nitrogens with zero attached hydrogens (tertiary/aromatic N) is 2. The summed E-state index contributed by atoms with van der Waals surface area (Å²) in [6.45, 7) is 4.22. The normalized spacial score (nSPS) is 13.7. The topological polar surface area (TPSA) is 99.2 Å². The Labute approximate surface area is 229 Å². The molecule has 8 heteroatoms. The van der Waals surface area contributed by atoms with Crippen LogP contribution < -0.4 is 5.32 Å². The molecule has 39 heavy (non-hydrogen) atoms. The molecule has 3 aromatic carbocycles. The Kier molecular flexibility index (Phi) is 8.99. The molecule has 2 amide bonds. The van der Waals surface area contributed by atoms with E-state index in [2.05, 4.69) is 17.4 Å². The lowest BCUT2D eigenvalue weighted by Crippen LogP contribution is -2.56. The fourth-order valence-corrected chi connectivity index (χ4v) is 5.19. The molecular weight excluding hydrogens is 494 g/mol. The number of amides is 2. The molecule has 8 nitrogen and oxygen atoms in total. The van der Waals surface area contributed by atoms with Gasteiger partial charge in [0.25, 0.3) is 0 Å². The highest BCUT2D eigenvalue weighted by Gasteiger charge is 2.33. The lowest BCUT2D eigenvalue weighted by atomic mass is 9.98. The highest BCUT2D eigenvalue weighted by atomic mass is 16.5. The van der Waals surface area contributed by atoms with Gasteiger partial charge in [0.05, 0.1) is 0 Å². The Morgan fingerprint density at radius 1 is 0.923 bits per heavy atom. The van der Waals surface area contributed by atoms with Crippen molar-refractivity contribution in [2.75, 3.05) is 26.7 Å². The van der Waals surface area contributed by atoms with Crippen LogP contribution in [0.1, 0.15) is 36.5 Å². The number of carbonyl (C=O) groups is 3. The van der Waals surface area contributed by atoms with Gasteiger partial charge in [-0.2, -0.15) is 0 Å². The molecule has 0 saturated carbocycles. The van der Waals surface area contributed by atoms with Gasteiger partial charge in [0, 0.05) is 25.6 Å². The van der Waals surface area contributed by atoms with Crippen molar-refractivity contribution in [3.63, 3.8) is 0 Å². The second kappa shape index (κ2) is 12.6. The number of carboxylic acid groups (broad SMARTS) is 1. The Balaban J connectivity index is 1.48. The van der Waals surface area contributed by atoms with Gasteiger partial charge in [0.15, 0.2) is 0 Å². The summed E-state index contributed by atoms with van der Waals surface area (Å²) >= 11 is 0. The maximum Gasteiger partial charge on any atom is 0.407 e. The van der Waals surface area contributed by atoms with Crippen molar-refractivity contribution in [3.8, 4) is 11.1 Å². The van der Waals surface area contributed by atoms with Crippen molar-refractivity contribution in [2.24, 2.45) is 0 Å². The second-order valence-electron chi connectivity index (χ2n) is 9.84. The number of carbonyl (C=O) groups excluding carboxylic acids is 2. The molecule has 3 aromatic rings. The number of rotatable bonds is 11. The Morgan fingerprint density at radius 2 is 1.49 bits per heavy atom. The van der Waals surface area contributed by atoms with Crippen LogP contribution in [0.3, 0.4) is 0 Å². The van der Waals surface area contributed by atoms with Gasteiger partial charge < -0.3 is 20.1 Å². The summed E-state index contributed by atoms with van der Waals surface area (Å²) in [5, 5.41) is 12.2. The lowest BCUT2D eigenvalue weighted by molar-refractivity contribution is -0.150. The third-order valence-electron chi connectivity index (χ3n) is 7.17. The van der Waals surface area contributed by atoms with E-state index in [0.29, 0.717) is 6.54 Å². The number of hydrogen-bond donors (Lipinski definition) is 2. The lowest BCUT2D eigenvalue weighted by Gasteiger charge is -2.31. The predicted octanol–water partition coefficient (Wildman–Crippen LogP) is 4.35. The zero-order valence-electron chi connectivity index (χ0n) is 22.5. The van der Waals surface area contributed by atoms with E-state index in [1.165, 1.54) is 11.8 Å². The molecule has 0 fully saturated rings. The fourth-order valence-electron chi connectivity index (χ4n) is 5.19. The number of fused-ring (bicyclic) bond motifs is 3. The smallest absolute Gasteiger partial charge is 0.407 e. The van der Waals surface area contributed by atoms with Crippen LogP contribution >= 0.6 is 0 Å². The van der Waals surface area contributed by atoms with E-state index in [0.717, 1.165) is 27.8 Å². The van der Waals surface area contributed by atoms with Gasteiger partial charge in [0.2, 0.25) is 5.91 Å². The van der Waals surface area contributed by atoms with Crippen molar-refractivity contribution in [3.05, 3.63) is 95.6 Å². The number of alkyl carbamates (subject to hydrolysis) is 1. The van der Waals surface area contributed by atoms with Crippen LogP contribution in [0.15, 0.2) is 78.9 Å². The van der Waals surface area contributed by atoms with Gasteiger partial charge in [-0.05, 0) is 48.7 Å². The minimum Gasteiger partial charge on any atom is -0.480 e. The number of ether oxygens (including phenoxy) is 1. The predicted molar refractivity (Wildman–Crippen MR) is 149 cm³/mol. The van der Waals surface area contributed by atoms with E-state index in [4.69, 9.17) is 4.74 Å². The van der Waals surface area contributed by atoms with Crippen molar-refractivity contribution >= 4 is 18.0 Å². The van der Waals surface area contributed by atoms with E-state index in [9.17, 15) is 19.5 Å². The Bertz CT molecular complexity index is 1270. The first-order valence-corrected chi connectivity index (χ1v) is 13.2. The number of likely N-dealkylation sites (N-methyl/N-ethyl adjacent to an activating group) is 2. The molecule has 1 aliphatic carbocycles. The average molecular weight is 530 g/mol. The number of aliphatic carboxylic acids is 1. The first-order chi connectivity index (χ1) is 18.8. The summed E-state index contributed by atoms with van der Waals surface area (Å²) < 4.78 is 5.69. The summed E-state index contributed by atoms with van der Waals surface area (Å²) in [6.07, 6.45) is -0.720. The molecule has 0 radical (unpaired) electrons. The van der Waals surface area contributed by atoms with Crippen molar-refractivity contribution in [2.45, 2.75) is 38.4 Å². The molecule has 4 rings (SSSR count). The molecule has 0 saturated heterocycles. The molecule has 0 heterocycles. The molecule has 0 aromatic heterocycles. The maximum atomic E-state index is 13.5. The molecule has 2 N–H and O–H groups in total. The molecular formula is C31H35N3O5. The number of hydrogen-bond acceptors (Lipinski definition) is 5. The van der Waals surface area contributed by atoms with E-state index >= 15 is 0 Å². The van der Waals surface area contributed by atoms with Gasteiger partial charge in [-0.15, -0.1) is 0 Å². The SMILES string of the molecule is CCN(C(=O)C(CN(C)Cc1ccccc1)NC(=O)OCC1c2ccccc2-c2ccccc21)C(C)C(=O)O. The molecule has 2 atom stereocenters. The average Bonchev–Trinajstić information content (AvgIpc) is 3.26. The van der Waals surface area contributed by atoms with Gasteiger partial charge in [0.1, 0.15) is 18.7 Å². The van der Waals surface area contributed by atoms with Crippen molar-refractivity contribution < 1.29 is 24.2 Å². The zero-order chi connectivity index (χ0) is 27.9. The van der Waals surface area contributed by atoms with E-state index < -0.39 is 30.1 Å². The summed E-state index contributed by atoms with van der Waals surface area (Å²) in [6, 6.07) is 23.9. The van der Waals surface area contributed by atoms with Gasteiger partial charge in [-0.3, -0.25) is 9.69 Å². The van der Waals surface area contributed by atoms with Crippen LogP contribution in [0.2, 0.25) is 0 Å². The summed E-state index contributed by atoms with van der Waals surface area (Å²) in [7, 11) is 1.85. The number of nitrogens with one attached hydrogen (secondary N) is 1. The molecule has 1 aliphatic rings. The molecule has 2 unspecified atom stereocenters. The maximum absolute atomic E-state index is 13.5. The van der Waals surface area contributed by atoms with Gasteiger partial charge >= 0.3 is 12.1 Å². The van der Waals surface area contributed by atoms with Crippen LogP contribution in [0.4, 0.5) is 4.79 Å². The van der Waals surface area contributed by atoms with Crippen molar-refractivity contribution in [1.82, 2.24) is 15.1 Å². The van der Waals surface area contributed by atoms with E-state index in [1.807, 2.05) is 78.7 Å². The van der Waals surface area contributed by atoms with E-state index in [1.54, 1.807) is 6.92 Å². The Morgan fingerprint density at radius 3 is 2.05 bits per heavy atom. The van der Waals surface area contributed by atoms with Crippen LogP contribution in [0, 0.1) is 0 Å². The Hall–Kier alpha value is -4.17. The van der Waals surface area contributed by atoms with Crippen molar-refractivity contribution in [1.29, 1.82) is 0 Å². The van der Waals surface area contributed by atoms with Gasteiger partial charge in [-0.1, -0.05) is 78.9 Å². The monoisotopic (exact) mass is 529 g/mol. The van der Waals surface area contributed by atoms with Crippen LogP contribution in [0.25, 0.3) is 11.1 Å². The first-order valence-electron chi connectivity index (χ1n) is 13.2.